The highest BCUT2D eigenvalue weighted by atomic mass is 32.1. The highest BCUT2D eigenvalue weighted by molar-refractivity contribution is 7.20. The van der Waals surface area contributed by atoms with E-state index in [1.54, 1.807) is 29.3 Å². The summed E-state index contributed by atoms with van der Waals surface area (Å²) in [5, 5.41) is 6.43. The molecule has 8 nitrogen and oxygen atoms in total. The number of aromatic nitrogens is 6. The summed E-state index contributed by atoms with van der Waals surface area (Å²) in [5.41, 5.74) is 4.76. The van der Waals surface area contributed by atoms with Crippen molar-refractivity contribution in [1.29, 1.82) is 0 Å². The Morgan fingerprint density at radius 2 is 1.73 bits per heavy atom. The van der Waals surface area contributed by atoms with Gasteiger partial charge in [0.1, 0.15) is 24.4 Å². The molecular weight excluding hydrogens is 436 g/mol. The van der Waals surface area contributed by atoms with Crippen molar-refractivity contribution >= 4 is 38.2 Å². The van der Waals surface area contributed by atoms with Crippen molar-refractivity contribution in [3.8, 4) is 16.6 Å². The molecule has 0 aliphatic heterocycles. The largest absolute Gasteiger partial charge is 0.497 e. The number of methoxy groups -OCH3 is 1. The minimum Gasteiger partial charge on any atom is -0.497 e. The number of hydrogen-bond acceptors (Lipinski definition) is 7. The van der Waals surface area contributed by atoms with Crippen LogP contribution < -0.4 is 9.47 Å². The van der Waals surface area contributed by atoms with Gasteiger partial charge in [-0.2, -0.15) is 0 Å². The third-order valence-corrected chi connectivity index (χ3v) is 6.80. The zero-order valence-corrected chi connectivity index (χ0v) is 19.1. The summed E-state index contributed by atoms with van der Waals surface area (Å²) in [7, 11) is 1.64. The van der Waals surface area contributed by atoms with E-state index < -0.39 is 0 Å². The van der Waals surface area contributed by atoms with Crippen molar-refractivity contribution in [3.63, 3.8) is 0 Å². The van der Waals surface area contributed by atoms with Gasteiger partial charge in [0, 0.05) is 5.69 Å². The van der Waals surface area contributed by atoms with Gasteiger partial charge in [-0.05, 0) is 55.8 Å². The van der Waals surface area contributed by atoms with E-state index in [1.165, 1.54) is 0 Å². The van der Waals surface area contributed by atoms with Crippen molar-refractivity contribution in [2.75, 3.05) is 7.11 Å². The molecule has 0 atom stereocenters. The van der Waals surface area contributed by atoms with Crippen molar-refractivity contribution in [2.45, 2.75) is 20.5 Å². The van der Waals surface area contributed by atoms with Gasteiger partial charge in [-0.25, -0.2) is 19.5 Å². The third kappa shape index (κ3) is 3.20. The lowest BCUT2D eigenvalue weighted by Crippen LogP contribution is -1.99. The molecule has 164 valence electrons. The van der Waals surface area contributed by atoms with Gasteiger partial charge in [0.25, 0.3) is 0 Å². The molecular formula is C24H20N6O2S. The van der Waals surface area contributed by atoms with Gasteiger partial charge in [-0.1, -0.05) is 23.5 Å². The first-order valence-electron chi connectivity index (χ1n) is 10.5. The lowest BCUT2D eigenvalue weighted by atomic mass is 10.2. The molecule has 0 fully saturated rings. The normalized spacial score (nSPS) is 11.6. The number of hydrogen-bond donors (Lipinski definition) is 0. The Morgan fingerprint density at radius 1 is 0.939 bits per heavy atom. The van der Waals surface area contributed by atoms with Crippen LogP contribution in [-0.2, 0) is 6.61 Å². The topological polar surface area (TPSA) is 79.4 Å². The molecule has 0 aliphatic carbocycles. The second kappa shape index (κ2) is 7.56. The molecule has 0 saturated carbocycles. The highest BCUT2D eigenvalue weighted by Crippen LogP contribution is 2.33. The molecule has 9 heteroatoms. The summed E-state index contributed by atoms with van der Waals surface area (Å²) >= 11 is 1.65. The van der Waals surface area contributed by atoms with Crippen LogP contribution in [-0.4, -0.2) is 36.2 Å². The van der Waals surface area contributed by atoms with E-state index in [-0.39, 0.29) is 6.61 Å². The van der Waals surface area contributed by atoms with Crippen LogP contribution in [0, 0.1) is 13.8 Å². The summed E-state index contributed by atoms with van der Waals surface area (Å²) in [6.45, 7) is 4.43. The van der Waals surface area contributed by atoms with Crippen LogP contribution in [0.1, 0.15) is 17.1 Å². The number of ether oxygens (including phenoxy) is 2. The van der Waals surface area contributed by atoms with Crippen molar-refractivity contribution < 1.29 is 9.47 Å². The molecule has 0 aliphatic rings. The summed E-state index contributed by atoms with van der Waals surface area (Å²) in [4.78, 5) is 14.3. The van der Waals surface area contributed by atoms with Crippen LogP contribution in [0.2, 0.25) is 0 Å². The molecule has 0 spiro atoms. The van der Waals surface area contributed by atoms with Gasteiger partial charge in [0.2, 0.25) is 0 Å². The van der Waals surface area contributed by atoms with Crippen molar-refractivity contribution in [1.82, 2.24) is 29.1 Å². The summed E-state index contributed by atoms with van der Waals surface area (Å²) in [6, 6.07) is 15.6. The maximum atomic E-state index is 5.87. The fourth-order valence-corrected chi connectivity index (χ4v) is 5.00. The Bertz CT molecular complexity index is 1600. The number of benzene rings is 2. The van der Waals surface area contributed by atoms with Crippen molar-refractivity contribution in [3.05, 3.63) is 71.9 Å². The maximum absolute atomic E-state index is 5.87. The van der Waals surface area contributed by atoms with E-state index in [0.29, 0.717) is 5.82 Å². The predicted octanol–water partition coefficient (Wildman–Crippen LogP) is 4.88. The summed E-state index contributed by atoms with van der Waals surface area (Å²) in [5.74, 6) is 2.10. The summed E-state index contributed by atoms with van der Waals surface area (Å²) in [6.07, 6.45) is 1.70. The van der Waals surface area contributed by atoms with Crippen LogP contribution in [0.15, 0.2) is 54.9 Å². The van der Waals surface area contributed by atoms with E-state index in [2.05, 4.69) is 29.6 Å². The van der Waals surface area contributed by atoms with Crippen LogP contribution in [0.25, 0.3) is 32.0 Å². The zero-order chi connectivity index (χ0) is 22.5. The number of rotatable bonds is 5. The Kier molecular flexibility index (Phi) is 4.51. The van der Waals surface area contributed by atoms with Crippen LogP contribution in [0.3, 0.4) is 0 Å². The van der Waals surface area contributed by atoms with Crippen molar-refractivity contribution in [2.24, 2.45) is 0 Å². The van der Waals surface area contributed by atoms with E-state index in [1.807, 2.05) is 42.5 Å². The Hall–Kier alpha value is -3.98. The summed E-state index contributed by atoms with van der Waals surface area (Å²) < 4.78 is 16.0. The fourth-order valence-electron chi connectivity index (χ4n) is 3.98. The number of thiazole rings is 1. The number of para-hydroxylation sites is 1. The first-order chi connectivity index (χ1) is 16.1. The second-order valence-corrected chi connectivity index (χ2v) is 8.72. The van der Waals surface area contributed by atoms with Crippen LogP contribution in [0.4, 0.5) is 0 Å². The van der Waals surface area contributed by atoms with Gasteiger partial charge in [0.05, 0.1) is 22.7 Å². The van der Waals surface area contributed by atoms with Crippen LogP contribution >= 0.6 is 11.3 Å². The SMILES string of the molecule is COc1ccc(OCc2nc3c4c(C)c(C)n(-c5nc6ccccc6s5)c4ncn3n2)cc1. The van der Waals surface area contributed by atoms with E-state index in [9.17, 15) is 0 Å². The monoisotopic (exact) mass is 456 g/mol. The quantitative estimate of drug-likeness (QED) is 0.368. The molecule has 0 amide bonds. The lowest BCUT2D eigenvalue weighted by Gasteiger charge is -2.04. The van der Waals surface area contributed by atoms with Gasteiger partial charge in [-0.3, -0.25) is 4.57 Å². The molecule has 0 radical (unpaired) electrons. The minimum atomic E-state index is 0.256. The minimum absolute atomic E-state index is 0.256. The Balaban J connectivity index is 1.40. The second-order valence-electron chi connectivity index (χ2n) is 7.71. The van der Waals surface area contributed by atoms with E-state index >= 15 is 0 Å². The fraction of sp³-hybridized carbons (Fsp3) is 0.167. The molecule has 33 heavy (non-hydrogen) atoms. The Morgan fingerprint density at radius 3 is 2.52 bits per heavy atom. The molecule has 6 rings (SSSR count). The van der Waals surface area contributed by atoms with Gasteiger partial charge in [-0.15, -0.1) is 5.10 Å². The molecule has 6 aromatic rings. The average molecular weight is 457 g/mol. The maximum Gasteiger partial charge on any atom is 0.196 e. The molecule has 0 bridgehead atoms. The number of fused-ring (bicyclic) bond motifs is 4. The first-order valence-corrected chi connectivity index (χ1v) is 11.3. The molecule has 0 saturated heterocycles. The third-order valence-electron chi connectivity index (χ3n) is 5.78. The number of nitrogens with zero attached hydrogens (tertiary/aromatic N) is 6. The standard InChI is InChI=1S/C24H20N6O2S/c1-14-15(2)30(24-26-18-6-4-5-7-19(18)33-24)22-21(14)23-27-20(28-29(23)13-25-22)12-32-17-10-8-16(31-3)9-11-17/h4-11,13H,12H2,1-3H3. The Labute approximate surface area is 193 Å². The molecule has 0 unspecified atom stereocenters. The molecule has 2 aromatic carbocycles. The molecule has 4 aromatic heterocycles. The first kappa shape index (κ1) is 19.7. The van der Waals surface area contributed by atoms with E-state index in [4.69, 9.17) is 24.4 Å². The zero-order valence-electron chi connectivity index (χ0n) is 18.3. The van der Waals surface area contributed by atoms with Gasteiger partial charge in [0.15, 0.2) is 22.3 Å². The highest BCUT2D eigenvalue weighted by Gasteiger charge is 2.20. The average Bonchev–Trinajstić information content (AvgIpc) is 3.52. The van der Waals surface area contributed by atoms with E-state index in [0.717, 1.165) is 54.8 Å². The van der Waals surface area contributed by atoms with Crippen LogP contribution in [0.5, 0.6) is 11.5 Å². The van der Waals surface area contributed by atoms with Gasteiger partial charge >= 0.3 is 0 Å². The smallest absolute Gasteiger partial charge is 0.196 e. The lowest BCUT2D eigenvalue weighted by molar-refractivity contribution is 0.295. The molecule has 0 N–H and O–H groups in total. The molecule has 4 heterocycles. The number of aryl methyl sites for hydroxylation is 1. The predicted molar refractivity (Wildman–Crippen MR) is 128 cm³/mol. The van der Waals surface area contributed by atoms with Gasteiger partial charge < -0.3 is 9.47 Å².